The first kappa shape index (κ1) is 10.9. The zero-order valence-electron chi connectivity index (χ0n) is 7.29. The minimum atomic E-state index is -0.432. The molecule has 0 fully saturated rings. The lowest BCUT2D eigenvalue weighted by Crippen LogP contribution is -2.31. The van der Waals surface area contributed by atoms with Crippen LogP contribution in [0.25, 0.3) is 0 Å². The zero-order chi connectivity index (χ0) is 9.56. The maximum atomic E-state index is 11.0. The molecule has 70 valence electrons. The molecule has 5 nitrogen and oxygen atoms in total. The Morgan fingerprint density at radius 3 is 2.50 bits per heavy atom. The average Bonchev–Trinajstić information content (AvgIpc) is 2.02. The van der Waals surface area contributed by atoms with E-state index in [1.54, 1.807) is 6.92 Å². The molecule has 5 heteroatoms. The van der Waals surface area contributed by atoms with Crippen LogP contribution in [0.5, 0.6) is 0 Å². The summed E-state index contributed by atoms with van der Waals surface area (Å²) in [7, 11) is 0. The van der Waals surface area contributed by atoms with Crippen LogP contribution in [0.3, 0.4) is 0 Å². The van der Waals surface area contributed by atoms with Crippen LogP contribution in [0.15, 0.2) is 4.99 Å². The van der Waals surface area contributed by atoms with Gasteiger partial charge in [0.25, 0.3) is 0 Å². The fraction of sp³-hybridized carbons (Fsp3) is 0.714. The minimum Gasteiger partial charge on any atom is -0.370 e. The highest BCUT2D eigenvalue weighted by molar-refractivity contribution is 5.83. The third-order valence-electron chi connectivity index (χ3n) is 1.50. The molecule has 0 radical (unpaired) electrons. The van der Waals surface area contributed by atoms with Gasteiger partial charge in [-0.3, -0.25) is 9.79 Å². The Balaban J connectivity index is 3.64. The van der Waals surface area contributed by atoms with Gasteiger partial charge >= 0.3 is 0 Å². The van der Waals surface area contributed by atoms with Gasteiger partial charge in [0.05, 0.1) is 6.04 Å². The number of rotatable bonds is 5. The Morgan fingerprint density at radius 2 is 2.08 bits per heavy atom. The number of hydrogen-bond donors (Lipinski definition) is 3. The molecule has 0 aromatic rings. The second-order valence-electron chi connectivity index (χ2n) is 2.52. The van der Waals surface area contributed by atoms with Crippen LogP contribution in [0.1, 0.15) is 19.8 Å². The molecule has 0 spiro atoms. The Bertz CT molecular complexity index is 174. The van der Waals surface area contributed by atoms with E-state index in [1.807, 2.05) is 0 Å². The largest absolute Gasteiger partial charge is 0.370 e. The summed E-state index contributed by atoms with van der Waals surface area (Å²) < 4.78 is 0. The smallest absolute Gasteiger partial charge is 0.185 e. The molecule has 0 aromatic carbocycles. The van der Waals surface area contributed by atoms with Crippen LogP contribution in [-0.4, -0.2) is 24.3 Å². The topological polar surface area (TPSA) is 107 Å². The van der Waals surface area contributed by atoms with E-state index < -0.39 is 6.04 Å². The molecular formula is C7H16N4O. The lowest BCUT2D eigenvalue weighted by Gasteiger charge is -2.06. The van der Waals surface area contributed by atoms with E-state index in [0.717, 1.165) is 0 Å². The molecule has 0 aliphatic heterocycles. The van der Waals surface area contributed by atoms with Crippen LogP contribution >= 0.6 is 0 Å². The molecule has 0 aliphatic rings. The highest BCUT2D eigenvalue weighted by Gasteiger charge is 2.09. The van der Waals surface area contributed by atoms with Gasteiger partial charge in [-0.25, -0.2) is 0 Å². The van der Waals surface area contributed by atoms with Crippen molar-refractivity contribution in [2.45, 2.75) is 25.8 Å². The van der Waals surface area contributed by atoms with E-state index in [4.69, 9.17) is 17.2 Å². The van der Waals surface area contributed by atoms with Crippen molar-refractivity contribution in [2.24, 2.45) is 22.2 Å². The van der Waals surface area contributed by atoms with Crippen molar-refractivity contribution in [1.82, 2.24) is 0 Å². The Kier molecular flexibility index (Phi) is 5.03. The summed E-state index contributed by atoms with van der Waals surface area (Å²) in [5.41, 5.74) is 15.7. The number of ketones is 1. The van der Waals surface area contributed by atoms with E-state index in [1.165, 1.54) is 0 Å². The van der Waals surface area contributed by atoms with Gasteiger partial charge in [-0.15, -0.1) is 0 Å². The molecule has 1 unspecified atom stereocenters. The van der Waals surface area contributed by atoms with Gasteiger partial charge in [0.15, 0.2) is 5.96 Å². The standard InChI is InChI=1S/C7H16N4O/c1-2-6(12)5(8)3-4-11-7(9)10/h5H,2-4,8H2,1H3,(H4,9,10,11). The highest BCUT2D eigenvalue weighted by atomic mass is 16.1. The molecule has 0 amide bonds. The normalized spacial score (nSPS) is 12.2. The second-order valence-corrected chi connectivity index (χ2v) is 2.52. The fourth-order valence-corrected chi connectivity index (χ4v) is 0.756. The molecule has 0 aliphatic carbocycles. The molecule has 12 heavy (non-hydrogen) atoms. The van der Waals surface area contributed by atoms with Crippen LogP contribution in [0.2, 0.25) is 0 Å². The Labute approximate surface area is 72.0 Å². The van der Waals surface area contributed by atoms with Crippen molar-refractivity contribution in [2.75, 3.05) is 6.54 Å². The summed E-state index contributed by atoms with van der Waals surface area (Å²) in [4.78, 5) is 14.7. The van der Waals surface area contributed by atoms with Crippen molar-refractivity contribution >= 4 is 11.7 Å². The first-order valence-electron chi connectivity index (χ1n) is 3.91. The third-order valence-corrected chi connectivity index (χ3v) is 1.50. The molecule has 0 heterocycles. The number of guanidine groups is 1. The summed E-state index contributed by atoms with van der Waals surface area (Å²) in [6.07, 6.45) is 0.966. The van der Waals surface area contributed by atoms with Gasteiger partial charge in [-0.05, 0) is 6.42 Å². The zero-order valence-corrected chi connectivity index (χ0v) is 7.29. The molecule has 6 N–H and O–H groups in total. The summed E-state index contributed by atoms with van der Waals surface area (Å²) in [6, 6.07) is -0.432. The molecule has 0 saturated carbocycles. The number of Topliss-reactive ketones (excluding diaryl/α,β-unsaturated/α-hetero) is 1. The monoisotopic (exact) mass is 172 g/mol. The maximum absolute atomic E-state index is 11.0. The van der Waals surface area contributed by atoms with E-state index >= 15 is 0 Å². The minimum absolute atomic E-state index is 0.0335. The third kappa shape index (κ3) is 4.68. The van der Waals surface area contributed by atoms with Crippen molar-refractivity contribution in [1.29, 1.82) is 0 Å². The average molecular weight is 172 g/mol. The van der Waals surface area contributed by atoms with Gasteiger partial charge in [-0.1, -0.05) is 6.92 Å². The summed E-state index contributed by atoms with van der Waals surface area (Å²) in [5, 5.41) is 0. The van der Waals surface area contributed by atoms with Gasteiger partial charge in [0, 0.05) is 13.0 Å². The summed E-state index contributed by atoms with van der Waals surface area (Å²) >= 11 is 0. The van der Waals surface area contributed by atoms with Crippen LogP contribution in [-0.2, 0) is 4.79 Å². The van der Waals surface area contributed by atoms with Crippen molar-refractivity contribution < 1.29 is 4.79 Å². The van der Waals surface area contributed by atoms with Gasteiger partial charge in [-0.2, -0.15) is 0 Å². The predicted molar refractivity (Wildman–Crippen MR) is 48.6 cm³/mol. The van der Waals surface area contributed by atoms with Gasteiger partial charge in [0.1, 0.15) is 5.78 Å². The van der Waals surface area contributed by atoms with Crippen molar-refractivity contribution in [3.8, 4) is 0 Å². The lowest BCUT2D eigenvalue weighted by atomic mass is 10.1. The Hall–Kier alpha value is -1.10. The van der Waals surface area contributed by atoms with Gasteiger partial charge in [0.2, 0.25) is 0 Å². The van der Waals surface area contributed by atoms with Crippen molar-refractivity contribution in [3.63, 3.8) is 0 Å². The number of nitrogens with zero attached hydrogens (tertiary/aromatic N) is 1. The molecule has 0 aromatic heterocycles. The van der Waals surface area contributed by atoms with Crippen LogP contribution < -0.4 is 17.2 Å². The van der Waals surface area contributed by atoms with Crippen molar-refractivity contribution in [3.05, 3.63) is 0 Å². The SMILES string of the molecule is CCC(=O)C(N)CCN=C(N)N. The first-order chi connectivity index (χ1) is 5.57. The van der Waals surface area contributed by atoms with Crippen LogP contribution in [0, 0.1) is 0 Å². The molecule has 1 atom stereocenters. The van der Waals surface area contributed by atoms with Crippen LogP contribution in [0.4, 0.5) is 0 Å². The number of carbonyl (C=O) groups excluding carboxylic acids is 1. The van der Waals surface area contributed by atoms with Gasteiger partial charge < -0.3 is 17.2 Å². The van der Waals surface area contributed by atoms with E-state index in [9.17, 15) is 4.79 Å². The number of nitrogens with two attached hydrogens (primary N) is 3. The quantitative estimate of drug-likeness (QED) is 0.363. The molecule has 0 rings (SSSR count). The maximum Gasteiger partial charge on any atom is 0.185 e. The highest BCUT2D eigenvalue weighted by Crippen LogP contribution is 1.93. The lowest BCUT2D eigenvalue weighted by molar-refractivity contribution is -0.120. The first-order valence-corrected chi connectivity index (χ1v) is 3.91. The molecule has 0 bridgehead atoms. The predicted octanol–water partition coefficient (Wildman–Crippen LogP) is -1.04. The number of aliphatic imine (C=N–C) groups is 1. The molecule has 0 saturated heterocycles. The Morgan fingerprint density at radius 1 is 1.50 bits per heavy atom. The van der Waals surface area contributed by atoms with E-state index in [-0.39, 0.29) is 11.7 Å². The van der Waals surface area contributed by atoms with E-state index in [2.05, 4.69) is 4.99 Å². The summed E-state index contributed by atoms with van der Waals surface area (Å²) in [6.45, 7) is 2.19. The number of hydrogen-bond acceptors (Lipinski definition) is 3. The number of carbonyl (C=O) groups is 1. The second kappa shape index (κ2) is 5.54. The fourth-order valence-electron chi connectivity index (χ4n) is 0.756. The summed E-state index contributed by atoms with van der Waals surface area (Å²) in [5.74, 6) is 0.0759. The molecular weight excluding hydrogens is 156 g/mol. The van der Waals surface area contributed by atoms with E-state index in [0.29, 0.717) is 19.4 Å².